The molecule has 2 aliphatic rings. The molecule has 2 heterocycles. The van der Waals surface area contributed by atoms with Gasteiger partial charge in [0.05, 0.1) is 11.3 Å². The zero-order chi connectivity index (χ0) is 24.8. The van der Waals surface area contributed by atoms with Crippen LogP contribution in [0.4, 0.5) is 21.6 Å². The lowest BCUT2D eigenvalue weighted by atomic mass is 9.67. The highest BCUT2D eigenvalue weighted by Crippen LogP contribution is 2.50. The normalized spacial score (nSPS) is 21.6. The van der Waals surface area contributed by atoms with Crippen LogP contribution < -0.4 is 15.1 Å². The molecule has 0 unspecified atom stereocenters. The molecule has 2 amide bonds. The van der Waals surface area contributed by atoms with E-state index in [0.29, 0.717) is 29.8 Å². The summed E-state index contributed by atoms with van der Waals surface area (Å²) in [5.74, 6) is -1.13. The summed E-state index contributed by atoms with van der Waals surface area (Å²) in [6.45, 7) is 13.3. The van der Waals surface area contributed by atoms with Gasteiger partial charge >= 0.3 is 0 Å². The van der Waals surface area contributed by atoms with Gasteiger partial charge in [-0.1, -0.05) is 26.8 Å². The van der Waals surface area contributed by atoms with Gasteiger partial charge in [-0.05, 0) is 73.6 Å². The molecule has 176 valence electrons. The average Bonchev–Trinajstić information content (AvgIpc) is 2.97. The van der Waals surface area contributed by atoms with E-state index in [1.807, 2.05) is 0 Å². The van der Waals surface area contributed by atoms with Gasteiger partial charge in [0.25, 0.3) is 17.6 Å². The van der Waals surface area contributed by atoms with Crippen molar-refractivity contribution < 1.29 is 14.0 Å². The zero-order valence-electron chi connectivity index (χ0n) is 19.6. The minimum absolute atomic E-state index is 0.0767. The smallest absolute Gasteiger partial charge is 0.272 e. The van der Waals surface area contributed by atoms with Crippen molar-refractivity contribution in [2.24, 2.45) is 5.41 Å². The SMILES string of the molecule is [C-]#[N+]c1ncc(N2C(=O)[C@@]3(CCCC(C)(C)C3)N(c3ccc(C(=O)NC)c(F)c3)C2=S)cc1C. The number of halogens is 1. The molecule has 1 aromatic heterocycles. The number of rotatable bonds is 3. The third-order valence-corrected chi connectivity index (χ3v) is 7.07. The van der Waals surface area contributed by atoms with Crippen molar-refractivity contribution >= 4 is 46.3 Å². The van der Waals surface area contributed by atoms with Gasteiger partial charge in [-0.25, -0.2) is 4.39 Å². The quantitative estimate of drug-likeness (QED) is 0.500. The first-order chi connectivity index (χ1) is 16.0. The molecule has 34 heavy (non-hydrogen) atoms. The van der Waals surface area contributed by atoms with E-state index in [4.69, 9.17) is 18.8 Å². The van der Waals surface area contributed by atoms with Gasteiger partial charge in [0.1, 0.15) is 17.6 Å². The second kappa shape index (κ2) is 8.44. The highest BCUT2D eigenvalue weighted by atomic mass is 32.1. The number of aryl methyl sites for hydroxylation is 1. The van der Waals surface area contributed by atoms with Crippen LogP contribution in [0.5, 0.6) is 0 Å². The van der Waals surface area contributed by atoms with Gasteiger partial charge in [0.15, 0.2) is 5.11 Å². The third kappa shape index (κ3) is 3.72. The molecule has 1 saturated heterocycles. The van der Waals surface area contributed by atoms with Crippen molar-refractivity contribution in [3.8, 4) is 0 Å². The number of nitrogens with zero attached hydrogens (tertiary/aromatic N) is 4. The van der Waals surface area contributed by atoms with Crippen LogP contribution in [0.15, 0.2) is 30.5 Å². The number of hydrogen-bond donors (Lipinski definition) is 1. The molecule has 7 nitrogen and oxygen atoms in total. The number of nitrogens with one attached hydrogen (secondary N) is 1. The summed E-state index contributed by atoms with van der Waals surface area (Å²) in [6.07, 6.45) is 4.37. The average molecular weight is 480 g/mol. The van der Waals surface area contributed by atoms with Crippen LogP contribution in [-0.2, 0) is 4.79 Å². The second-order valence-electron chi connectivity index (χ2n) is 9.67. The Labute approximate surface area is 203 Å². The van der Waals surface area contributed by atoms with Gasteiger partial charge in [-0.15, -0.1) is 4.98 Å². The lowest BCUT2D eigenvalue weighted by Gasteiger charge is -2.45. The van der Waals surface area contributed by atoms with Crippen molar-refractivity contribution in [1.29, 1.82) is 0 Å². The van der Waals surface area contributed by atoms with Crippen LogP contribution in [0.25, 0.3) is 4.85 Å². The Bertz CT molecular complexity index is 1250. The number of aromatic nitrogens is 1. The summed E-state index contributed by atoms with van der Waals surface area (Å²) in [6, 6.07) is 6.04. The molecule has 1 spiro atoms. The molecule has 4 rings (SSSR count). The molecule has 1 atom stereocenters. The molecule has 1 N–H and O–H groups in total. The van der Waals surface area contributed by atoms with Gasteiger partial charge in [-0.2, -0.15) is 0 Å². The van der Waals surface area contributed by atoms with Crippen molar-refractivity contribution in [3.63, 3.8) is 0 Å². The number of thiocarbonyl (C=S) groups is 1. The fourth-order valence-electron chi connectivity index (χ4n) is 5.21. The molecular weight excluding hydrogens is 453 g/mol. The topological polar surface area (TPSA) is 69.9 Å². The summed E-state index contributed by atoms with van der Waals surface area (Å²) in [7, 11) is 1.44. The van der Waals surface area contributed by atoms with Crippen LogP contribution >= 0.6 is 12.2 Å². The molecule has 9 heteroatoms. The first-order valence-electron chi connectivity index (χ1n) is 11.1. The van der Waals surface area contributed by atoms with Crippen LogP contribution in [0, 0.1) is 24.7 Å². The van der Waals surface area contributed by atoms with E-state index in [1.165, 1.54) is 30.3 Å². The molecular formula is C25H26FN5O2S. The Morgan fingerprint density at radius 1 is 1.26 bits per heavy atom. The lowest BCUT2D eigenvalue weighted by Crippen LogP contribution is -2.54. The summed E-state index contributed by atoms with van der Waals surface area (Å²) in [4.78, 5) is 36.9. The molecule has 1 aliphatic heterocycles. The third-order valence-electron chi connectivity index (χ3n) is 6.71. The van der Waals surface area contributed by atoms with Gasteiger partial charge in [0.2, 0.25) is 0 Å². The molecule has 0 bridgehead atoms. The Morgan fingerprint density at radius 3 is 2.59 bits per heavy atom. The van der Waals surface area contributed by atoms with E-state index in [-0.39, 0.29) is 27.8 Å². The largest absolute Gasteiger partial charge is 0.360 e. The Kier molecular flexibility index (Phi) is 5.90. The standard InChI is InChI=1S/C25H26FN5O2S/c1-15-11-17(13-29-20(15)27-4)30-22(33)25(10-6-9-24(2,3)14-25)31(23(30)34)16-7-8-18(19(26)12-16)21(32)28-5/h7-8,11-13H,6,9-10,14H2,1-3,5H3,(H,28,32)/t25-/m0/s1. The zero-order valence-corrected chi connectivity index (χ0v) is 20.4. The van der Waals surface area contributed by atoms with Gasteiger partial charge in [-0.3, -0.25) is 14.5 Å². The summed E-state index contributed by atoms with van der Waals surface area (Å²) in [5.41, 5.74) is 0.360. The monoisotopic (exact) mass is 479 g/mol. The van der Waals surface area contributed by atoms with Crippen molar-refractivity contribution in [3.05, 3.63) is 58.8 Å². The number of pyridine rings is 1. The fourth-order valence-corrected chi connectivity index (χ4v) is 5.68. The number of amides is 2. The predicted octanol–water partition coefficient (Wildman–Crippen LogP) is 4.92. The van der Waals surface area contributed by atoms with E-state index >= 15 is 0 Å². The predicted molar refractivity (Wildman–Crippen MR) is 133 cm³/mol. The maximum absolute atomic E-state index is 15.0. The number of benzene rings is 1. The minimum Gasteiger partial charge on any atom is -0.360 e. The highest BCUT2D eigenvalue weighted by Gasteiger charge is 2.59. The Balaban J connectivity index is 1.87. The minimum atomic E-state index is -0.980. The highest BCUT2D eigenvalue weighted by molar-refractivity contribution is 7.81. The van der Waals surface area contributed by atoms with Crippen LogP contribution in [-0.4, -0.2) is 34.5 Å². The van der Waals surface area contributed by atoms with Crippen LogP contribution in [0.2, 0.25) is 0 Å². The summed E-state index contributed by atoms with van der Waals surface area (Å²) in [5, 5.41) is 2.66. The van der Waals surface area contributed by atoms with E-state index in [9.17, 15) is 14.0 Å². The van der Waals surface area contributed by atoms with Crippen molar-refractivity contribution in [2.75, 3.05) is 16.8 Å². The first-order valence-corrected chi connectivity index (χ1v) is 11.5. The molecule has 2 aromatic rings. The summed E-state index contributed by atoms with van der Waals surface area (Å²) < 4.78 is 15.0. The van der Waals surface area contributed by atoms with Crippen LogP contribution in [0.3, 0.4) is 0 Å². The van der Waals surface area contributed by atoms with E-state index < -0.39 is 17.3 Å². The number of carbonyl (C=O) groups is 2. The molecule has 1 aliphatic carbocycles. The summed E-state index contributed by atoms with van der Waals surface area (Å²) >= 11 is 5.83. The fraction of sp³-hybridized carbons (Fsp3) is 0.400. The van der Waals surface area contributed by atoms with E-state index in [1.54, 1.807) is 24.0 Å². The Hall–Kier alpha value is -3.38. The maximum atomic E-state index is 15.0. The number of anilines is 2. The first kappa shape index (κ1) is 23.8. The molecule has 1 aromatic carbocycles. The van der Waals surface area contributed by atoms with Crippen LogP contribution in [0.1, 0.15) is 55.5 Å². The Morgan fingerprint density at radius 2 is 2.00 bits per heavy atom. The maximum Gasteiger partial charge on any atom is 0.272 e. The van der Waals surface area contributed by atoms with Gasteiger partial charge < -0.3 is 15.1 Å². The lowest BCUT2D eigenvalue weighted by molar-refractivity contribution is -0.123. The number of carbonyl (C=O) groups excluding carboxylic acids is 2. The van der Waals surface area contributed by atoms with Crippen molar-refractivity contribution in [1.82, 2.24) is 10.3 Å². The van der Waals surface area contributed by atoms with E-state index in [0.717, 1.165) is 12.8 Å². The van der Waals surface area contributed by atoms with E-state index in [2.05, 4.69) is 29.0 Å². The second-order valence-corrected chi connectivity index (χ2v) is 10.0. The molecule has 0 radical (unpaired) electrons. The van der Waals surface area contributed by atoms with Gasteiger partial charge in [0, 0.05) is 12.7 Å². The molecule has 2 fully saturated rings. The van der Waals surface area contributed by atoms with Crippen molar-refractivity contribution in [2.45, 2.75) is 52.0 Å². The molecule has 1 saturated carbocycles. The number of hydrogen-bond acceptors (Lipinski definition) is 4.